The number of fused-ring (bicyclic) bond motifs is 1. The van der Waals surface area contributed by atoms with Crippen LogP contribution in [0.15, 0.2) is 30.3 Å². The Morgan fingerprint density at radius 1 is 1.17 bits per heavy atom. The van der Waals surface area contributed by atoms with Crippen molar-refractivity contribution < 1.29 is 34.8 Å². The molecule has 0 spiro atoms. The summed E-state index contributed by atoms with van der Waals surface area (Å²) in [5.74, 6) is -1.58. The van der Waals surface area contributed by atoms with E-state index >= 15 is 0 Å². The van der Waals surface area contributed by atoms with Gasteiger partial charge in [0.25, 0.3) is 0 Å². The summed E-state index contributed by atoms with van der Waals surface area (Å²) in [4.78, 5) is 24.3. The van der Waals surface area contributed by atoms with Crippen LogP contribution in [0.2, 0.25) is 0 Å². The summed E-state index contributed by atoms with van der Waals surface area (Å²) in [6, 6.07) is 9.21. The molecule has 9 heteroatoms. The zero-order valence-corrected chi connectivity index (χ0v) is 16.0. The largest absolute Gasteiger partial charge is 0.479 e. The number of carbonyl (C=O) groups is 2. The van der Waals surface area contributed by atoms with E-state index in [-0.39, 0.29) is 12.2 Å². The van der Waals surface area contributed by atoms with Gasteiger partial charge < -0.3 is 40.7 Å². The third-order valence-electron chi connectivity index (χ3n) is 4.81. The molecule has 9 nitrogen and oxygen atoms in total. The first-order chi connectivity index (χ1) is 13.8. The Morgan fingerprint density at radius 2 is 1.83 bits per heavy atom. The van der Waals surface area contributed by atoms with Gasteiger partial charge in [0.05, 0.1) is 0 Å². The number of nitrogens with one attached hydrogen (secondary N) is 1. The van der Waals surface area contributed by atoms with Crippen LogP contribution in [0.3, 0.4) is 0 Å². The molecular weight excluding hydrogens is 380 g/mol. The summed E-state index contributed by atoms with van der Waals surface area (Å²) in [5, 5.41) is 38.2. The van der Waals surface area contributed by atoms with Gasteiger partial charge in [-0.2, -0.15) is 0 Å². The molecule has 29 heavy (non-hydrogen) atoms. The minimum atomic E-state index is -2.20. The highest BCUT2D eigenvalue weighted by Crippen LogP contribution is 2.22. The quantitative estimate of drug-likeness (QED) is 0.361. The van der Waals surface area contributed by atoms with Crippen LogP contribution in [-0.4, -0.2) is 68.1 Å². The van der Waals surface area contributed by atoms with Crippen molar-refractivity contribution in [3.8, 4) is 5.88 Å². The second-order valence-corrected chi connectivity index (χ2v) is 7.10. The summed E-state index contributed by atoms with van der Waals surface area (Å²) in [6.45, 7) is 0. The maximum atomic E-state index is 10.7. The highest BCUT2D eigenvalue weighted by Gasteiger charge is 2.37. The number of aliphatic hydroxyl groups excluding tert-OH is 3. The summed E-state index contributed by atoms with van der Waals surface area (Å²) >= 11 is 0. The number of para-hydroxylation sites is 1. The van der Waals surface area contributed by atoms with Gasteiger partial charge in [-0.1, -0.05) is 37.5 Å². The lowest BCUT2D eigenvalue weighted by Gasteiger charge is -2.26. The number of benzene rings is 1. The maximum Gasteiger partial charge on any atom is 0.335 e. The molecule has 1 aliphatic carbocycles. The standard InChI is InChI=1S/C14H15NO7.C6H13N/c16-6-9(17)13(11(18)12(19)14(20)21)22-10-5-7-3-1-2-4-8(7)15-10;7-6-4-2-1-3-5-6/h1-6,9,11-13,15,17-19H,(H,20,21);6H,1-5,7H2/t9-,11+,12-,13+;/m0./s1. The van der Waals surface area contributed by atoms with E-state index in [9.17, 15) is 24.9 Å². The van der Waals surface area contributed by atoms with E-state index in [0.717, 1.165) is 5.39 Å². The molecule has 0 amide bonds. The SMILES string of the molecule is NC1CCCCC1.O=C[C@H](O)[C@@H](Oc1cc2ccccc2[nH]1)[C@H](O)[C@H](O)C(=O)O. The van der Waals surface area contributed by atoms with Gasteiger partial charge in [0, 0.05) is 23.0 Å². The third kappa shape index (κ3) is 6.53. The Bertz CT molecular complexity index is 755. The van der Waals surface area contributed by atoms with E-state index in [1.807, 2.05) is 0 Å². The van der Waals surface area contributed by atoms with Crippen LogP contribution in [0.5, 0.6) is 5.88 Å². The Morgan fingerprint density at radius 3 is 2.34 bits per heavy atom. The van der Waals surface area contributed by atoms with Crippen LogP contribution < -0.4 is 10.5 Å². The fraction of sp³-hybridized carbons (Fsp3) is 0.500. The monoisotopic (exact) mass is 408 g/mol. The topological polar surface area (TPSA) is 166 Å². The predicted molar refractivity (Wildman–Crippen MR) is 105 cm³/mol. The average Bonchev–Trinajstić information content (AvgIpc) is 3.14. The van der Waals surface area contributed by atoms with Crippen molar-refractivity contribution in [1.29, 1.82) is 0 Å². The molecule has 1 aromatic carbocycles. The number of aromatic amines is 1. The Hall–Kier alpha value is -2.46. The third-order valence-corrected chi connectivity index (χ3v) is 4.81. The molecule has 1 heterocycles. The minimum Gasteiger partial charge on any atom is -0.479 e. The lowest BCUT2D eigenvalue weighted by molar-refractivity contribution is -0.161. The highest BCUT2D eigenvalue weighted by molar-refractivity contribution is 5.81. The van der Waals surface area contributed by atoms with E-state index in [1.54, 1.807) is 30.3 Å². The van der Waals surface area contributed by atoms with Gasteiger partial charge in [0.15, 0.2) is 24.4 Å². The first-order valence-electron chi connectivity index (χ1n) is 9.55. The number of ether oxygens (including phenoxy) is 1. The zero-order chi connectivity index (χ0) is 21.4. The van der Waals surface area contributed by atoms with Crippen LogP contribution in [-0.2, 0) is 9.59 Å². The zero-order valence-electron chi connectivity index (χ0n) is 16.0. The molecular formula is C20H28N2O7. The van der Waals surface area contributed by atoms with Gasteiger partial charge in [-0.25, -0.2) is 4.79 Å². The van der Waals surface area contributed by atoms with Gasteiger partial charge in [-0.05, 0) is 18.9 Å². The molecule has 0 saturated heterocycles. The summed E-state index contributed by atoms with van der Waals surface area (Å²) < 4.78 is 5.28. The number of nitrogens with two attached hydrogens (primary N) is 1. The molecule has 0 aliphatic heterocycles. The minimum absolute atomic E-state index is 0.0884. The first-order valence-corrected chi connectivity index (χ1v) is 9.55. The molecule has 1 fully saturated rings. The number of hydrogen-bond donors (Lipinski definition) is 6. The molecule has 0 bridgehead atoms. The molecule has 0 radical (unpaired) electrons. The van der Waals surface area contributed by atoms with E-state index in [0.29, 0.717) is 11.6 Å². The molecule has 1 saturated carbocycles. The van der Waals surface area contributed by atoms with Crippen LogP contribution >= 0.6 is 0 Å². The number of H-pyrrole nitrogens is 1. The fourth-order valence-electron chi connectivity index (χ4n) is 3.14. The van der Waals surface area contributed by atoms with Crippen molar-refractivity contribution in [2.24, 2.45) is 5.73 Å². The van der Waals surface area contributed by atoms with Crippen molar-refractivity contribution in [3.05, 3.63) is 30.3 Å². The van der Waals surface area contributed by atoms with Crippen LogP contribution in [0.1, 0.15) is 32.1 Å². The van der Waals surface area contributed by atoms with Gasteiger partial charge in [0.1, 0.15) is 12.2 Å². The van der Waals surface area contributed by atoms with Gasteiger partial charge in [-0.15, -0.1) is 0 Å². The van der Waals surface area contributed by atoms with E-state index in [4.69, 9.17) is 15.6 Å². The van der Waals surface area contributed by atoms with Crippen molar-refractivity contribution in [2.75, 3.05) is 0 Å². The Labute approximate surface area is 168 Å². The highest BCUT2D eigenvalue weighted by atomic mass is 16.5. The number of aliphatic hydroxyl groups is 3. The molecule has 0 unspecified atom stereocenters. The summed E-state index contributed by atoms with van der Waals surface area (Å²) in [6.07, 6.45) is -0.901. The number of rotatable bonds is 7. The smallest absolute Gasteiger partial charge is 0.335 e. The van der Waals surface area contributed by atoms with Gasteiger partial charge >= 0.3 is 5.97 Å². The molecule has 1 aliphatic rings. The van der Waals surface area contributed by atoms with Crippen molar-refractivity contribution in [1.82, 2.24) is 4.98 Å². The van der Waals surface area contributed by atoms with Gasteiger partial charge in [0.2, 0.25) is 0 Å². The number of carbonyl (C=O) groups excluding carboxylic acids is 1. The molecule has 4 atom stereocenters. The van der Waals surface area contributed by atoms with Crippen molar-refractivity contribution in [2.45, 2.75) is 62.6 Å². The van der Waals surface area contributed by atoms with Gasteiger partial charge in [-0.3, -0.25) is 0 Å². The molecule has 3 rings (SSSR count). The number of aliphatic carboxylic acids is 1. The number of carboxylic acids is 1. The molecule has 2 aromatic rings. The lowest BCUT2D eigenvalue weighted by Crippen LogP contribution is -2.51. The average molecular weight is 408 g/mol. The summed E-state index contributed by atoms with van der Waals surface area (Å²) in [5.41, 5.74) is 6.35. The Kier molecular flexibility index (Phi) is 8.59. The van der Waals surface area contributed by atoms with Crippen molar-refractivity contribution >= 4 is 23.2 Å². The van der Waals surface area contributed by atoms with Crippen molar-refractivity contribution in [3.63, 3.8) is 0 Å². The van der Waals surface area contributed by atoms with Crippen LogP contribution in [0.25, 0.3) is 10.9 Å². The Balaban J connectivity index is 0.000000360. The number of hydrogen-bond acceptors (Lipinski definition) is 7. The van der Waals surface area contributed by atoms with Crippen LogP contribution in [0.4, 0.5) is 0 Å². The number of aromatic nitrogens is 1. The summed E-state index contributed by atoms with van der Waals surface area (Å²) in [7, 11) is 0. The fourth-order valence-corrected chi connectivity index (χ4v) is 3.14. The molecule has 1 aromatic heterocycles. The second-order valence-electron chi connectivity index (χ2n) is 7.10. The molecule has 160 valence electrons. The van der Waals surface area contributed by atoms with E-state index < -0.39 is 30.4 Å². The predicted octanol–water partition coefficient (Wildman–Crippen LogP) is 0.559. The number of aldehydes is 1. The lowest BCUT2D eigenvalue weighted by atomic mass is 9.97. The normalized spacial score (nSPS) is 18.8. The maximum absolute atomic E-state index is 10.7. The second kappa shape index (κ2) is 10.9. The van der Waals surface area contributed by atoms with Crippen LogP contribution in [0, 0.1) is 0 Å². The number of carboxylic acid groups (broad SMARTS) is 1. The van der Waals surface area contributed by atoms with E-state index in [2.05, 4.69) is 4.98 Å². The first kappa shape index (κ1) is 22.8. The molecule has 7 N–H and O–H groups in total. The van der Waals surface area contributed by atoms with E-state index in [1.165, 1.54) is 32.1 Å².